The Hall–Kier alpha value is -2.68. The van der Waals surface area contributed by atoms with Crippen molar-refractivity contribution in [2.45, 2.75) is 17.6 Å². The molecule has 0 bridgehead atoms. The lowest BCUT2D eigenvalue weighted by Gasteiger charge is -2.03. The van der Waals surface area contributed by atoms with Gasteiger partial charge < -0.3 is 9.52 Å². The minimum atomic E-state index is -4.68. The Kier molecular flexibility index (Phi) is 4.82. The van der Waals surface area contributed by atoms with Crippen molar-refractivity contribution in [2.75, 3.05) is 6.26 Å². The maximum atomic E-state index is 12.9. The Balaban J connectivity index is 2.02. The summed E-state index contributed by atoms with van der Waals surface area (Å²) in [5.41, 5.74) is -0.452. The summed E-state index contributed by atoms with van der Waals surface area (Å²) < 4.78 is 45.2. The van der Waals surface area contributed by atoms with Gasteiger partial charge in [-0.15, -0.1) is 11.8 Å². The lowest BCUT2D eigenvalue weighted by molar-refractivity contribution is -0.143. The SMILES string of the molecule is CSc1cccc(-c2ccc(-c3cc(C(F)(F)F)nn3CC(=O)O)o2)c1. The fourth-order valence-electron chi connectivity index (χ4n) is 2.41. The number of aliphatic carboxylic acids is 1. The highest BCUT2D eigenvalue weighted by molar-refractivity contribution is 7.98. The summed E-state index contributed by atoms with van der Waals surface area (Å²) in [5.74, 6) is -0.728. The molecular formula is C17H13F3N2O3S. The molecule has 136 valence electrons. The van der Waals surface area contributed by atoms with Crippen LogP contribution in [0.2, 0.25) is 0 Å². The Morgan fingerprint density at radius 2 is 1.96 bits per heavy atom. The third-order valence-corrected chi connectivity index (χ3v) is 4.29. The quantitative estimate of drug-likeness (QED) is 0.652. The molecule has 26 heavy (non-hydrogen) atoms. The molecule has 2 aromatic heterocycles. The molecule has 0 saturated heterocycles. The second kappa shape index (κ2) is 6.91. The zero-order valence-electron chi connectivity index (χ0n) is 13.4. The largest absolute Gasteiger partial charge is 0.480 e. The van der Waals surface area contributed by atoms with Crippen molar-refractivity contribution >= 4 is 17.7 Å². The molecule has 0 unspecified atom stereocenters. The Morgan fingerprint density at radius 3 is 2.62 bits per heavy atom. The first-order valence-electron chi connectivity index (χ1n) is 7.39. The Labute approximate surface area is 150 Å². The van der Waals surface area contributed by atoms with E-state index in [1.54, 1.807) is 17.8 Å². The summed E-state index contributed by atoms with van der Waals surface area (Å²) in [7, 11) is 0. The summed E-state index contributed by atoms with van der Waals surface area (Å²) in [6.07, 6.45) is -2.75. The van der Waals surface area contributed by atoms with Crippen LogP contribution >= 0.6 is 11.8 Å². The van der Waals surface area contributed by atoms with Gasteiger partial charge >= 0.3 is 12.1 Å². The van der Waals surface area contributed by atoms with Gasteiger partial charge in [0.15, 0.2) is 11.5 Å². The van der Waals surface area contributed by atoms with Crippen LogP contribution in [0.25, 0.3) is 22.8 Å². The summed E-state index contributed by atoms with van der Waals surface area (Å²) in [6.45, 7) is -0.705. The molecule has 0 aliphatic heterocycles. The standard InChI is InChI=1S/C17H13F3N2O3S/c1-26-11-4-2-3-10(7-11)13-5-6-14(25-13)12-8-15(17(18,19)20)21-22(12)9-16(23)24/h2-8H,9H2,1H3,(H,23,24). The minimum Gasteiger partial charge on any atom is -0.480 e. The van der Waals surface area contributed by atoms with Gasteiger partial charge in [0.05, 0.1) is 0 Å². The van der Waals surface area contributed by atoms with Crippen molar-refractivity contribution in [1.29, 1.82) is 0 Å². The van der Waals surface area contributed by atoms with Gasteiger partial charge in [0, 0.05) is 10.5 Å². The van der Waals surface area contributed by atoms with Gasteiger partial charge in [-0.2, -0.15) is 18.3 Å². The molecule has 5 nitrogen and oxygen atoms in total. The maximum absolute atomic E-state index is 12.9. The monoisotopic (exact) mass is 382 g/mol. The first-order chi connectivity index (χ1) is 12.3. The fraction of sp³-hybridized carbons (Fsp3) is 0.176. The highest BCUT2D eigenvalue weighted by Crippen LogP contribution is 2.34. The van der Waals surface area contributed by atoms with Crippen molar-refractivity contribution in [3.05, 3.63) is 48.2 Å². The molecule has 9 heteroatoms. The van der Waals surface area contributed by atoms with Gasteiger partial charge in [0.2, 0.25) is 0 Å². The predicted molar refractivity (Wildman–Crippen MR) is 89.8 cm³/mol. The van der Waals surface area contributed by atoms with Crippen LogP contribution in [-0.4, -0.2) is 27.1 Å². The van der Waals surface area contributed by atoms with Crippen molar-refractivity contribution in [3.63, 3.8) is 0 Å². The first-order valence-corrected chi connectivity index (χ1v) is 8.62. The smallest absolute Gasteiger partial charge is 0.435 e. The van der Waals surface area contributed by atoms with Gasteiger partial charge in [-0.05, 0) is 36.6 Å². The minimum absolute atomic E-state index is 0.0491. The van der Waals surface area contributed by atoms with E-state index in [1.807, 2.05) is 30.5 Å². The maximum Gasteiger partial charge on any atom is 0.435 e. The molecule has 1 aromatic carbocycles. The molecule has 0 aliphatic carbocycles. The van der Waals surface area contributed by atoms with Crippen molar-refractivity contribution < 1.29 is 27.5 Å². The molecule has 0 aliphatic rings. The van der Waals surface area contributed by atoms with E-state index in [0.29, 0.717) is 5.76 Å². The Bertz CT molecular complexity index is 947. The fourth-order valence-corrected chi connectivity index (χ4v) is 2.87. The molecule has 2 heterocycles. The first kappa shape index (κ1) is 18.1. The molecule has 0 spiro atoms. The average molecular weight is 382 g/mol. The second-order valence-corrected chi connectivity index (χ2v) is 6.24. The van der Waals surface area contributed by atoms with Crippen molar-refractivity contribution in [2.24, 2.45) is 0 Å². The van der Waals surface area contributed by atoms with E-state index in [9.17, 15) is 18.0 Å². The van der Waals surface area contributed by atoms with Crippen LogP contribution < -0.4 is 0 Å². The zero-order valence-corrected chi connectivity index (χ0v) is 14.3. The molecule has 0 saturated carbocycles. The number of furan rings is 1. The van der Waals surface area contributed by atoms with Gasteiger partial charge in [0.25, 0.3) is 0 Å². The number of carbonyl (C=O) groups is 1. The van der Waals surface area contributed by atoms with E-state index in [4.69, 9.17) is 9.52 Å². The van der Waals surface area contributed by atoms with E-state index < -0.39 is 24.4 Å². The molecule has 3 rings (SSSR count). The number of benzene rings is 1. The predicted octanol–water partition coefficient (Wildman–Crippen LogP) is 4.64. The lowest BCUT2D eigenvalue weighted by atomic mass is 10.2. The van der Waals surface area contributed by atoms with Gasteiger partial charge in [-0.25, -0.2) is 4.68 Å². The van der Waals surface area contributed by atoms with Crippen LogP contribution in [0, 0.1) is 0 Å². The summed E-state index contributed by atoms with van der Waals surface area (Å²) in [4.78, 5) is 11.9. The van der Waals surface area contributed by atoms with E-state index in [1.165, 1.54) is 6.07 Å². The molecular weight excluding hydrogens is 369 g/mol. The number of carboxylic acids is 1. The molecule has 0 amide bonds. The number of alkyl halides is 3. The van der Waals surface area contributed by atoms with E-state index in [-0.39, 0.29) is 11.5 Å². The van der Waals surface area contributed by atoms with Crippen LogP contribution in [0.3, 0.4) is 0 Å². The summed E-state index contributed by atoms with van der Waals surface area (Å²) >= 11 is 1.55. The van der Waals surface area contributed by atoms with Gasteiger partial charge in [-0.1, -0.05) is 12.1 Å². The number of hydrogen-bond donors (Lipinski definition) is 1. The van der Waals surface area contributed by atoms with Crippen LogP contribution in [0.1, 0.15) is 5.69 Å². The second-order valence-electron chi connectivity index (χ2n) is 5.36. The highest BCUT2D eigenvalue weighted by Gasteiger charge is 2.35. The van der Waals surface area contributed by atoms with E-state index in [2.05, 4.69) is 5.10 Å². The van der Waals surface area contributed by atoms with Crippen molar-refractivity contribution in [3.8, 4) is 22.8 Å². The van der Waals surface area contributed by atoms with Crippen LogP contribution in [0.15, 0.2) is 51.8 Å². The van der Waals surface area contributed by atoms with Gasteiger partial charge in [-0.3, -0.25) is 4.79 Å². The topological polar surface area (TPSA) is 68.3 Å². The third kappa shape index (κ3) is 3.77. The number of rotatable bonds is 5. The molecule has 1 N–H and O–H groups in total. The van der Waals surface area contributed by atoms with E-state index in [0.717, 1.165) is 21.2 Å². The molecule has 3 aromatic rings. The number of hydrogen-bond acceptors (Lipinski definition) is 4. The number of carboxylic acid groups (broad SMARTS) is 1. The van der Waals surface area contributed by atoms with Crippen molar-refractivity contribution in [1.82, 2.24) is 9.78 Å². The number of thioether (sulfide) groups is 1. The third-order valence-electron chi connectivity index (χ3n) is 3.57. The summed E-state index contributed by atoms with van der Waals surface area (Å²) in [6, 6.07) is 11.4. The van der Waals surface area contributed by atoms with Crippen LogP contribution in [0.5, 0.6) is 0 Å². The van der Waals surface area contributed by atoms with Crippen LogP contribution in [0.4, 0.5) is 13.2 Å². The van der Waals surface area contributed by atoms with E-state index >= 15 is 0 Å². The number of aromatic nitrogens is 2. The molecule has 0 radical (unpaired) electrons. The number of nitrogens with zero attached hydrogens (tertiary/aromatic N) is 2. The number of halogens is 3. The average Bonchev–Trinajstić information content (AvgIpc) is 3.20. The molecule has 0 atom stereocenters. The Morgan fingerprint density at radius 1 is 1.23 bits per heavy atom. The van der Waals surface area contributed by atoms with Crippen LogP contribution in [-0.2, 0) is 17.5 Å². The highest BCUT2D eigenvalue weighted by atomic mass is 32.2. The normalized spacial score (nSPS) is 11.7. The molecule has 0 fully saturated rings. The summed E-state index contributed by atoms with van der Waals surface area (Å²) in [5, 5.41) is 12.3. The zero-order chi connectivity index (χ0) is 18.9. The lowest BCUT2D eigenvalue weighted by Crippen LogP contribution is -2.13. The van der Waals surface area contributed by atoms with Gasteiger partial charge in [0.1, 0.15) is 18.0 Å².